The van der Waals surface area contributed by atoms with Gasteiger partial charge in [-0.05, 0) is 25.5 Å². The molecule has 2 aromatic heterocycles. The molecule has 0 saturated carbocycles. The van der Waals surface area contributed by atoms with Crippen LogP contribution < -0.4 is 5.32 Å². The summed E-state index contributed by atoms with van der Waals surface area (Å²) in [6.07, 6.45) is 3.55. The molecule has 1 amide bonds. The Morgan fingerprint density at radius 3 is 2.91 bits per heavy atom. The summed E-state index contributed by atoms with van der Waals surface area (Å²) in [4.78, 5) is 20.1. The number of carbonyl (C=O) groups excluding carboxylic acids is 1. The number of aromatic nitrogens is 3. The quantitative estimate of drug-likeness (QED) is 0.753. The number of amides is 1. The number of benzene rings is 1. The van der Waals surface area contributed by atoms with Gasteiger partial charge in [-0.25, -0.2) is 4.98 Å². The highest BCUT2D eigenvalue weighted by atomic mass is 16.1. The van der Waals surface area contributed by atoms with Gasteiger partial charge in [0, 0.05) is 32.3 Å². The lowest BCUT2D eigenvalue weighted by Crippen LogP contribution is -2.21. The van der Waals surface area contributed by atoms with Gasteiger partial charge in [0.25, 0.3) is 0 Å². The normalized spacial score (nSPS) is 11.2. The minimum absolute atomic E-state index is 0.00988. The van der Waals surface area contributed by atoms with E-state index < -0.39 is 0 Å². The van der Waals surface area contributed by atoms with Gasteiger partial charge in [0.2, 0.25) is 5.91 Å². The standard InChI is InChI=1S/C17H20N4O/c1-11-6-7-14-13(9-11)17-15(10-19-14)20-16(21(17)3)5-4-8-18-12(2)22/h6-7,9-10H,4-5,8H2,1-3H3,(H,18,22). The van der Waals surface area contributed by atoms with Crippen molar-refractivity contribution >= 4 is 27.8 Å². The number of carbonyl (C=O) groups is 1. The van der Waals surface area contributed by atoms with Crippen LogP contribution in [0.5, 0.6) is 0 Å². The third kappa shape index (κ3) is 2.66. The molecule has 1 N–H and O–H groups in total. The summed E-state index contributed by atoms with van der Waals surface area (Å²) in [5, 5.41) is 3.96. The Morgan fingerprint density at radius 2 is 2.14 bits per heavy atom. The minimum atomic E-state index is 0.00988. The van der Waals surface area contributed by atoms with Crippen LogP contribution in [-0.4, -0.2) is 27.0 Å². The van der Waals surface area contributed by atoms with Crippen LogP contribution in [0.15, 0.2) is 24.4 Å². The molecule has 0 aliphatic rings. The number of fused-ring (bicyclic) bond motifs is 3. The third-order valence-electron chi connectivity index (χ3n) is 3.90. The van der Waals surface area contributed by atoms with Gasteiger partial charge in [-0.2, -0.15) is 0 Å². The number of hydrogen-bond acceptors (Lipinski definition) is 3. The second-order valence-corrected chi connectivity index (χ2v) is 5.69. The van der Waals surface area contributed by atoms with Gasteiger partial charge < -0.3 is 9.88 Å². The van der Waals surface area contributed by atoms with Gasteiger partial charge >= 0.3 is 0 Å². The van der Waals surface area contributed by atoms with Crippen LogP contribution in [0.4, 0.5) is 0 Å². The molecule has 114 valence electrons. The topological polar surface area (TPSA) is 59.8 Å². The van der Waals surface area contributed by atoms with Gasteiger partial charge in [-0.1, -0.05) is 11.6 Å². The first-order valence-electron chi connectivity index (χ1n) is 7.51. The van der Waals surface area contributed by atoms with Crippen molar-refractivity contribution in [3.05, 3.63) is 35.8 Å². The molecular weight excluding hydrogens is 276 g/mol. The van der Waals surface area contributed by atoms with Crippen molar-refractivity contribution in [2.45, 2.75) is 26.7 Å². The van der Waals surface area contributed by atoms with Crippen molar-refractivity contribution in [3.63, 3.8) is 0 Å². The lowest BCUT2D eigenvalue weighted by Gasteiger charge is -2.05. The van der Waals surface area contributed by atoms with E-state index in [0.717, 1.165) is 40.6 Å². The number of imidazole rings is 1. The van der Waals surface area contributed by atoms with Gasteiger partial charge in [-0.3, -0.25) is 9.78 Å². The minimum Gasteiger partial charge on any atom is -0.356 e. The van der Waals surface area contributed by atoms with E-state index in [1.165, 1.54) is 12.5 Å². The largest absolute Gasteiger partial charge is 0.356 e. The molecule has 5 heteroatoms. The fraction of sp³-hybridized carbons (Fsp3) is 0.353. The highest BCUT2D eigenvalue weighted by molar-refractivity contribution is 6.02. The fourth-order valence-corrected chi connectivity index (χ4v) is 2.79. The highest BCUT2D eigenvalue weighted by Gasteiger charge is 2.11. The van der Waals surface area contributed by atoms with Crippen molar-refractivity contribution in [1.82, 2.24) is 19.9 Å². The molecule has 0 spiro atoms. The van der Waals surface area contributed by atoms with Gasteiger partial charge in [0.1, 0.15) is 11.3 Å². The number of aryl methyl sites for hydroxylation is 3. The summed E-state index contributed by atoms with van der Waals surface area (Å²) >= 11 is 0. The number of rotatable bonds is 4. The van der Waals surface area contributed by atoms with E-state index in [0.29, 0.717) is 6.54 Å². The number of nitrogens with one attached hydrogen (secondary N) is 1. The number of hydrogen-bond donors (Lipinski definition) is 1. The molecular formula is C17H20N4O. The zero-order valence-corrected chi connectivity index (χ0v) is 13.2. The van der Waals surface area contributed by atoms with E-state index in [2.05, 4.69) is 33.9 Å². The molecule has 5 nitrogen and oxygen atoms in total. The zero-order valence-electron chi connectivity index (χ0n) is 13.2. The Balaban J connectivity index is 1.96. The Kier molecular flexibility index (Phi) is 3.79. The van der Waals surface area contributed by atoms with E-state index in [4.69, 9.17) is 4.98 Å². The van der Waals surface area contributed by atoms with Gasteiger partial charge in [-0.15, -0.1) is 0 Å². The SMILES string of the molecule is CC(=O)NCCCc1nc2cnc3ccc(C)cc3c2n1C. The van der Waals surface area contributed by atoms with Crippen LogP contribution in [0.25, 0.3) is 21.9 Å². The Labute approximate surface area is 129 Å². The molecule has 0 bridgehead atoms. The maximum atomic E-state index is 10.9. The molecule has 0 saturated heterocycles. The van der Waals surface area contributed by atoms with E-state index in [1.807, 2.05) is 19.3 Å². The van der Waals surface area contributed by atoms with Crippen molar-refractivity contribution < 1.29 is 4.79 Å². The van der Waals surface area contributed by atoms with Crippen LogP contribution >= 0.6 is 0 Å². The molecule has 0 aliphatic carbocycles. The van der Waals surface area contributed by atoms with Gasteiger partial charge in [0.15, 0.2) is 0 Å². The van der Waals surface area contributed by atoms with Crippen LogP contribution in [-0.2, 0) is 18.3 Å². The predicted molar refractivity (Wildman–Crippen MR) is 87.8 cm³/mol. The summed E-state index contributed by atoms with van der Waals surface area (Å²) in [6, 6.07) is 6.28. The predicted octanol–water partition coefficient (Wildman–Crippen LogP) is 2.50. The fourth-order valence-electron chi connectivity index (χ4n) is 2.79. The van der Waals surface area contributed by atoms with Crippen molar-refractivity contribution in [2.75, 3.05) is 6.54 Å². The van der Waals surface area contributed by atoms with Crippen LogP contribution in [0.3, 0.4) is 0 Å². The molecule has 0 atom stereocenters. The highest BCUT2D eigenvalue weighted by Crippen LogP contribution is 2.25. The number of nitrogens with zero attached hydrogens (tertiary/aromatic N) is 3. The summed E-state index contributed by atoms with van der Waals surface area (Å²) < 4.78 is 2.15. The molecule has 22 heavy (non-hydrogen) atoms. The second-order valence-electron chi connectivity index (χ2n) is 5.69. The zero-order chi connectivity index (χ0) is 15.7. The lowest BCUT2D eigenvalue weighted by atomic mass is 10.1. The summed E-state index contributed by atoms with van der Waals surface area (Å²) in [6.45, 7) is 4.30. The summed E-state index contributed by atoms with van der Waals surface area (Å²) in [5.74, 6) is 1.03. The Hall–Kier alpha value is -2.43. The second kappa shape index (κ2) is 5.75. The van der Waals surface area contributed by atoms with Crippen LogP contribution in [0.1, 0.15) is 24.7 Å². The lowest BCUT2D eigenvalue weighted by molar-refractivity contribution is -0.118. The number of pyridine rings is 1. The molecule has 0 aliphatic heterocycles. The molecule has 0 radical (unpaired) electrons. The smallest absolute Gasteiger partial charge is 0.216 e. The first-order chi connectivity index (χ1) is 10.6. The summed E-state index contributed by atoms with van der Waals surface area (Å²) in [7, 11) is 2.05. The van der Waals surface area contributed by atoms with Crippen molar-refractivity contribution in [1.29, 1.82) is 0 Å². The first-order valence-corrected chi connectivity index (χ1v) is 7.51. The van der Waals surface area contributed by atoms with E-state index in [-0.39, 0.29) is 5.91 Å². The Bertz CT molecular complexity index is 851. The monoisotopic (exact) mass is 296 g/mol. The first kappa shape index (κ1) is 14.5. The third-order valence-corrected chi connectivity index (χ3v) is 3.90. The molecule has 0 fully saturated rings. The van der Waals surface area contributed by atoms with Crippen LogP contribution in [0, 0.1) is 6.92 Å². The van der Waals surface area contributed by atoms with E-state index in [9.17, 15) is 4.79 Å². The van der Waals surface area contributed by atoms with Crippen molar-refractivity contribution in [2.24, 2.45) is 7.05 Å². The molecule has 1 aromatic carbocycles. The Morgan fingerprint density at radius 1 is 1.32 bits per heavy atom. The molecule has 3 aromatic rings. The van der Waals surface area contributed by atoms with E-state index >= 15 is 0 Å². The maximum Gasteiger partial charge on any atom is 0.216 e. The average Bonchev–Trinajstić information content (AvgIpc) is 2.80. The molecule has 3 rings (SSSR count). The van der Waals surface area contributed by atoms with Crippen LogP contribution in [0.2, 0.25) is 0 Å². The summed E-state index contributed by atoms with van der Waals surface area (Å²) in [5.41, 5.74) is 4.26. The van der Waals surface area contributed by atoms with Crippen molar-refractivity contribution in [3.8, 4) is 0 Å². The maximum absolute atomic E-state index is 10.9. The molecule has 0 unspecified atom stereocenters. The molecule has 2 heterocycles. The average molecular weight is 296 g/mol. The van der Waals surface area contributed by atoms with Gasteiger partial charge in [0.05, 0.1) is 17.2 Å². The van der Waals surface area contributed by atoms with E-state index in [1.54, 1.807) is 0 Å².